The van der Waals surface area contributed by atoms with Crippen molar-refractivity contribution in [2.45, 2.75) is 13.8 Å². The summed E-state index contributed by atoms with van der Waals surface area (Å²) in [6.45, 7) is 4.30. The summed E-state index contributed by atoms with van der Waals surface area (Å²) >= 11 is 0. The smallest absolute Gasteiger partial charge is 0.253 e. The largest absolute Gasteiger partial charge is 0.396 e. The molecule has 4 nitrogen and oxygen atoms in total. The van der Waals surface area contributed by atoms with Crippen LogP contribution >= 0.6 is 0 Å². The van der Waals surface area contributed by atoms with E-state index in [9.17, 15) is 4.79 Å². The van der Waals surface area contributed by atoms with Crippen molar-refractivity contribution < 1.29 is 9.90 Å². The van der Waals surface area contributed by atoms with Crippen molar-refractivity contribution in [3.05, 3.63) is 36.0 Å². The Kier molecular flexibility index (Phi) is 3.39. The number of H-pyrrole nitrogens is 1. The third-order valence-electron chi connectivity index (χ3n) is 2.99. The second-order valence-corrected chi connectivity index (χ2v) is 5.25. The molecule has 0 aliphatic carbocycles. The van der Waals surface area contributed by atoms with E-state index in [1.807, 2.05) is 38.2 Å². The molecule has 0 saturated heterocycles. The fourth-order valence-corrected chi connectivity index (χ4v) is 1.74. The zero-order valence-electron chi connectivity index (χ0n) is 10.7. The zero-order valence-corrected chi connectivity index (χ0v) is 10.7. The highest BCUT2D eigenvalue weighted by Crippen LogP contribution is 2.17. The maximum atomic E-state index is 12.1. The summed E-state index contributed by atoms with van der Waals surface area (Å²) in [6, 6.07) is 7.55. The standard InChI is InChI=1S/C14H18N2O2/c1-14(2,9-17)8-16-13(18)11-5-3-4-10-6-7-15-12(10)11/h3-7,15,17H,8-9H2,1-2H3,(H,16,18). The van der Waals surface area contributed by atoms with Gasteiger partial charge < -0.3 is 15.4 Å². The van der Waals surface area contributed by atoms with Crippen LogP contribution in [0.4, 0.5) is 0 Å². The first-order valence-corrected chi connectivity index (χ1v) is 5.99. The molecule has 0 aliphatic rings. The fourth-order valence-electron chi connectivity index (χ4n) is 1.74. The first-order valence-electron chi connectivity index (χ1n) is 5.99. The molecule has 4 heteroatoms. The second-order valence-electron chi connectivity index (χ2n) is 5.25. The summed E-state index contributed by atoms with van der Waals surface area (Å²) in [4.78, 5) is 15.2. The van der Waals surface area contributed by atoms with E-state index in [0.29, 0.717) is 12.1 Å². The van der Waals surface area contributed by atoms with Crippen LogP contribution in [0.2, 0.25) is 0 Å². The maximum absolute atomic E-state index is 12.1. The minimum absolute atomic E-state index is 0.0416. The van der Waals surface area contributed by atoms with E-state index in [1.165, 1.54) is 0 Å². The number of aliphatic hydroxyl groups excluding tert-OH is 1. The highest BCUT2D eigenvalue weighted by atomic mass is 16.3. The summed E-state index contributed by atoms with van der Waals surface area (Å²) in [5.41, 5.74) is 1.17. The van der Waals surface area contributed by atoms with E-state index in [2.05, 4.69) is 10.3 Å². The molecule has 96 valence electrons. The third kappa shape index (κ3) is 2.54. The number of hydrogen-bond donors (Lipinski definition) is 3. The molecular formula is C14H18N2O2. The number of aromatic nitrogens is 1. The Morgan fingerprint density at radius 3 is 2.89 bits per heavy atom. The molecule has 0 spiro atoms. The lowest BCUT2D eigenvalue weighted by atomic mass is 9.95. The van der Waals surface area contributed by atoms with Gasteiger partial charge in [-0.05, 0) is 12.1 Å². The Bertz CT molecular complexity index is 558. The third-order valence-corrected chi connectivity index (χ3v) is 2.99. The van der Waals surface area contributed by atoms with Crippen LogP contribution in [0.15, 0.2) is 30.5 Å². The van der Waals surface area contributed by atoms with Crippen LogP contribution in [-0.2, 0) is 0 Å². The van der Waals surface area contributed by atoms with Crippen LogP contribution in [-0.4, -0.2) is 29.1 Å². The number of aromatic amines is 1. The highest BCUT2D eigenvalue weighted by Gasteiger charge is 2.18. The van der Waals surface area contributed by atoms with E-state index < -0.39 is 0 Å². The van der Waals surface area contributed by atoms with Gasteiger partial charge in [-0.15, -0.1) is 0 Å². The van der Waals surface area contributed by atoms with Gasteiger partial charge in [-0.25, -0.2) is 0 Å². The van der Waals surface area contributed by atoms with Crippen molar-refractivity contribution in [1.29, 1.82) is 0 Å². The lowest BCUT2D eigenvalue weighted by molar-refractivity contribution is 0.0912. The Balaban J connectivity index is 2.17. The summed E-state index contributed by atoms with van der Waals surface area (Å²) in [5, 5.41) is 13.0. The first kappa shape index (κ1) is 12.6. The molecule has 3 N–H and O–H groups in total. The Labute approximate surface area is 106 Å². The molecule has 0 aliphatic heterocycles. The topological polar surface area (TPSA) is 65.1 Å². The van der Waals surface area contributed by atoms with Gasteiger partial charge >= 0.3 is 0 Å². The average Bonchev–Trinajstić information content (AvgIpc) is 2.84. The summed E-state index contributed by atoms with van der Waals surface area (Å²) < 4.78 is 0. The maximum Gasteiger partial charge on any atom is 0.253 e. The normalized spacial score (nSPS) is 11.7. The van der Waals surface area contributed by atoms with Gasteiger partial charge in [-0.3, -0.25) is 4.79 Å². The van der Waals surface area contributed by atoms with Crippen LogP contribution < -0.4 is 5.32 Å². The molecule has 0 atom stereocenters. The molecule has 2 aromatic rings. The van der Waals surface area contributed by atoms with Gasteiger partial charge in [0.05, 0.1) is 11.1 Å². The van der Waals surface area contributed by atoms with Gasteiger partial charge in [0.25, 0.3) is 5.91 Å². The fraction of sp³-hybridized carbons (Fsp3) is 0.357. The highest BCUT2D eigenvalue weighted by molar-refractivity contribution is 6.05. The van der Waals surface area contributed by atoms with Gasteiger partial charge in [-0.2, -0.15) is 0 Å². The number of amides is 1. The average molecular weight is 246 g/mol. The number of carbonyl (C=O) groups is 1. The van der Waals surface area contributed by atoms with E-state index in [-0.39, 0.29) is 17.9 Å². The minimum atomic E-state index is -0.306. The predicted octanol–water partition coefficient (Wildman–Crippen LogP) is 1.92. The number of aliphatic hydroxyl groups is 1. The molecular weight excluding hydrogens is 228 g/mol. The number of carbonyl (C=O) groups excluding carboxylic acids is 1. The van der Waals surface area contributed by atoms with E-state index in [4.69, 9.17) is 5.11 Å². The van der Waals surface area contributed by atoms with Crippen molar-refractivity contribution in [2.24, 2.45) is 5.41 Å². The van der Waals surface area contributed by atoms with Gasteiger partial charge in [0.15, 0.2) is 0 Å². The van der Waals surface area contributed by atoms with Gasteiger partial charge in [0.2, 0.25) is 0 Å². The summed E-state index contributed by atoms with van der Waals surface area (Å²) in [6.07, 6.45) is 1.82. The first-order chi connectivity index (χ1) is 8.53. The molecule has 0 radical (unpaired) electrons. The summed E-state index contributed by atoms with van der Waals surface area (Å²) in [5.74, 6) is -0.121. The molecule has 2 rings (SSSR count). The molecule has 1 aromatic heterocycles. The molecule has 1 amide bonds. The van der Waals surface area contributed by atoms with Crippen LogP contribution in [0, 0.1) is 5.41 Å². The number of fused-ring (bicyclic) bond motifs is 1. The lowest BCUT2D eigenvalue weighted by Crippen LogP contribution is -2.36. The molecule has 0 bridgehead atoms. The van der Waals surface area contributed by atoms with Crippen molar-refractivity contribution in [2.75, 3.05) is 13.2 Å². The quantitative estimate of drug-likeness (QED) is 0.771. The number of rotatable bonds is 4. The lowest BCUT2D eigenvalue weighted by Gasteiger charge is -2.21. The monoisotopic (exact) mass is 246 g/mol. The predicted molar refractivity (Wildman–Crippen MR) is 71.5 cm³/mol. The molecule has 1 aromatic carbocycles. The van der Waals surface area contributed by atoms with E-state index in [1.54, 1.807) is 6.07 Å². The molecule has 0 unspecified atom stereocenters. The van der Waals surface area contributed by atoms with Crippen LogP contribution in [0.1, 0.15) is 24.2 Å². The van der Waals surface area contributed by atoms with Crippen molar-refractivity contribution in [1.82, 2.24) is 10.3 Å². The number of para-hydroxylation sites is 1. The van der Waals surface area contributed by atoms with Crippen molar-refractivity contribution >= 4 is 16.8 Å². The Hall–Kier alpha value is -1.81. The SMILES string of the molecule is CC(C)(CO)CNC(=O)c1cccc2cc[nH]c12. The van der Waals surface area contributed by atoms with Crippen LogP contribution in [0.5, 0.6) is 0 Å². The molecule has 1 heterocycles. The summed E-state index contributed by atoms with van der Waals surface area (Å²) in [7, 11) is 0. The van der Waals surface area contributed by atoms with Crippen molar-refractivity contribution in [3.63, 3.8) is 0 Å². The number of benzene rings is 1. The van der Waals surface area contributed by atoms with Gasteiger partial charge in [-0.1, -0.05) is 26.0 Å². The van der Waals surface area contributed by atoms with Crippen LogP contribution in [0.25, 0.3) is 10.9 Å². The van der Waals surface area contributed by atoms with E-state index >= 15 is 0 Å². The molecule has 18 heavy (non-hydrogen) atoms. The Morgan fingerprint density at radius 2 is 2.17 bits per heavy atom. The number of nitrogens with one attached hydrogen (secondary N) is 2. The minimum Gasteiger partial charge on any atom is -0.396 e. The van der Waals surface area contributed by atoms with E-state index in [0.717, 1.165) is 10.9 Å². The molecule has 0 fully saturated rings. The Morgan fingerprint density at radius 1 is 1.39 bits per heavy atom. The van der Waals surface area contributed by atoms with Crippen LogP contribution in [0.3, 0.4) is 0 Å². The molecule has 0 saturated carbocycles. The van der Waals surface area contributed by atoms with Crippen molar-refractivity contribution in [3.8, 4) is 0 Å². The van der Waals surface area contributed by atoms with Gasteiger partial charge in [0.1, 0.15) is 0 Å². The number of hydrogen-bond acceptors (Lipinski definition) is 2. The van der Waals surface area contributed by atoms with Gasteiger partial charge in [0, 0.05) is 30.1 Å². The zero-order chi connectivity index (χ0) is 13.2. The second kappa shape index (κ2) is 4.82.